The third kappa shape index (κ3) is 6.32. The molecule has 202 valence electrons. The predicted molar refractivity (Wildman–Crippen MR) is 129 cm³/mol. The number of nitrogens with zero attached hydrogens (tertiary/aromatic N) is 1. The Balaban J connectivity index is 2.03. The van der Waals surface area contributed by atoms with Gasteiger partial charge in [-0.25, -0.2) is 18.4 Å². The van der Waals surface area contributed by atoms with E-state index in [4.69, 9.17) is 4.74 Å². The minimum absolute atomic E-state index is 0.0652. The van der Waals surface area contributed by atoms with E-state index in [2.05, 4.69) is 0 Å². The van der Waals surface area contributed by atoms with E-state index in [1.54, 1.807) is 0 Å². The molecule has 4 N–H and O–H groups in total. The number of carboxylic acid groups (broad SMARTS) is 2. The Bertz CT molecular complexity index is 1060. The summed E-state index contributed by atoms with van der Waals surface area (Å²) in [6, 6.07) is 8.94. The number of benzene rings is 2. The van der Waals surface area contributed by atoms with Gasteiger partial charge in [-0.3, -0.25) is 4.48 Å². The fourth-order valence-corrected chi connectivity index (χ4v) is 5.29. The van der Waals surface area contributed by atoms with Crippen LogP contribution in [0, 0.1) is 31.4 Å². The molecule has 3 atom stereocenters. The van der Waals surface area contributed by atoms with E-state index in [1.165, 1.54) is 6.07 Å². The Labute approximate surface area is 214 Å². The van der Waals surface area contributed by atoms with Gasteiger partial charge >= 0.3 is 11.9 Å². The Morgan fingerprint density at radius 1 is 0.973 bits per heavy atom. The molecule has 1 aliphatic carbocycles. The van der Waals surface area contributed by atoms with Gasteiger partial charge < -0.3 is 25.2 Å². The zero-order valence-corrected chi connectivity index (χ0v) is 20.9. The molecule has 10 heteroatoms. The van der Waals surface area contributed by atoms with Crippen molar-refractivity contribution in [3.63, 3.8) is 0 Å². The second kappa shape index (κ2) is 12.1. The molecule has 0 amide bonds. The Kier molecular flexibility index (Phi) is 9.36. The topological polar surface area (TPSA) is 124 Å². The molecule has 1 fully saturated rings. The van der Waals surface area contributed by atoms with Crippen molar-refractivity contribution in [2.45, 2.75) is 58.1 Å². The van der Waals surface area contributed by atoms with Crippen molar-refractivity contribution in [1.29, 1.82) is 0 Å². The lowest BCUT2D eigenvalue weighted by atomic mass is 9.83. The molecule has 0 radical (unpaired) electrons. The van der Waals surface area contributed by atoms with E-state index in [1.807, 2.05) is 32.0 Å². The smallest absolute Gasteiger partial charge is 0.392 e. The Hall–Kier alpha value is -2.92. The molecule has 1 saturated carbocycles. The van der Waals surface area contributed by atoms with Crippen molar-refractivity contribution in [3.8, 4) is 0 Å². The highest BCUT2D eigenvalue weighted by molar-refractivity contribution is 5.73. The van der Waals surface area contributed by atoms with Gasteiger partial charge in [0.15, 0.2) is 0 Å². The highest BCUT2D eigenvalue weighted by Gasteiger charge is 2.53. The summed E-state index contributed by atoms with van der Waals surface area (Å²) in [7, 11) is 0. The summed E-state index contributed by atoms with van der Waals surface area (Å²) in [6.45, 7) is 2.73. The molecule has 0 spiro atoms. The van der Waals surface area contributed by atoms with Gasteiger partial charge in [-0.05, 0) is 55.5 Å². The number of aryl methyl sites for hydroxylation is 2. The first-order valence-corrected chi connectivity index (χ1v) is 12.2. The molecule has 3 rings (SSSR count). The largest absolute Gasteiger partial charge is 0.475 e. The number of hydrogen-bond donors (Lipinski definition) is 4. The van der Waals surface area contributed by atoms with Gasteiger partial charge in [0.25, 0.3) is 12.5 Å². The molecule has 8 nitrogen and oxygen atoms in total. The highest BCUT2D eigenvalue weighted by atomic mass is 19.1. The van der Waals surface area contributed by atoms with Gasteiger partial charge in [-0.1, -0.05) is 30.7 Å². The lowest BCUT2D eigenvalue weighted by Gasteiger charge is -2.47. The number of aliphatic hydroxyl groups is 2. The Morgan fingerprint density at radius 2 is 1.49 bits per heavy atom. The van der Waals surface area contributed by atoms with Crippen LogP contribution in [0.25, 0.3) is 0 Å². The maximum absolute atomic E-state index is 14.2. The molecule has 1 aliphatic rings. The van der Waals surface area contributed by atoms with E-state index in [-0.39, 0.29) is 31.2 Å². The summed E-state index contributed by atoms with van der Waals surface area (Å²) in [5.74, 6) is -5.65. The molecule has 0 aliphatic heterocycles. The number of halogens is 2. The third-order valence-electron chi connectivity index (χ3n) is 7.38. The fraction of sp³-hybridized carbons (Fsp3) is 0.481. The zero-order valence-electron chi connectivity index (χ0n) is 20.9. The average Bonchev–Trinajstić information content (AvgIpc) is 2.80. The number of aliphatic carboxylic acids is 2. The molecule has 0 bridgehead atoms. The maximum Gasteiger partial charge on any atom is 0.392 e. The summed E-state index contributed by atoms with van der Waals surface area (Å²) >= 11 is 0. The van der Waals surface area contributed by atoms with Crippen LogP contribution in [0.3, 0.4) is 0 Å². The summed E-state index contributed by atoms with van der Waals surface area (Å²) in [6.07, 6.45) is -2.12. The third-order valence-corrected chi connectivity index (χ3v) is 7.38. The number of ether oxygens (including phenoxy) is 1. The number of quaternary nitrogens is 1. The highest BCUT2D eigenvalue weighted by Crippen LogP contribution is 2.36. The monoisotopic (exact) mass is 522 g/mol. The summed E-state index contributed by atoms with van der Waals surface area (Å²) in [5, 5.41) is 41.2. The molecule has 0 heterocycles. The van der Waals surface area contributed by atoms with Crippen LogP contribution in [-0.2, 0) is 20.9 Å². The van der Waals surface area contributed by atoms with Gasteiger partial charge in [-0.2, -0.15) is 0 Å². The van der Waals surface area contributed by atoms with Crippen LogP contribution in [0.5, 0.6) is 0 Å². The van der Waals surface area contributed by atoms with Gasteiger partial charge in [0, 0.05) is 11.5 Å². The van der Waals surface area contributed by atoms with Crippen molar-refractivity contribution in [2.75, 3.05) is 19.7 Å². The van der Waals surface area contributed by atoms with Crippen molar-refractivity contribution in [2.24, 2.45) is 5.92 Å². The zero-order chi connectivity index (χ0) is 27.3. The van der Waals surface area contributed by atoms with E-state index >= 15 is 0 Å². The molecular formula is C27H34F2NO7+. The van der Waals surface area contributed by atoms with Crippen LogP contribution in [-0.4, -0.2) is 69.0 Å². The maximum atomic E-state index is 14.2. The van der Waals surface area contributed by atoms with Crippen LogP contribution in [0.1, 0.15) is 47.4 Å². The van der Waals surface area contributed by atoms with Crippen molar-refractivity contribution in [1.82, 2.24) is 0 Å². The van der Waals surface area contributed by atoms with Crippen molar-refractivity contribution in [3.05, 3.63) is 70.3 Å². The van der Waals surface area contributed by atoms with Gasteiger partial charge in [-0.15, -0.1) is 0 Å². The van der Waals surface area contributed by atoms with E-state index < -0.39 is 53.0 Å². The lowest BCUT2D eigenvalue weighted by molar-refractivity contribution is -0.997. The molecule has 2 aromatic carbocycles. The average molecular weight is 523 g/mol. The van der Waals surface area contributed by atoms with Crippen molar-refractivity contribution >= 4 is 11.9 Å². The summed E-state index contributed by atoms with van der Waals surface area (Å²) < 4.78 is 33.0. The van der Waals surface area contributed by atoms with E-state index in [0.717, 1.165) is 48.1 Å². The Morgan fingerprint density at radius 3 is 1.95 bits per heavy atom. The molecule has 0 aromatic heterocycles. The first kappa shape index (κ1) is 28.6. The van der Waals surface area contributed by atoms with Crippen LogP contribution in [0.4, 0.5) is 8.78 Å². The summed E-state index contributed by atoms with van der Waals surface area (Å²) in [4.78, 5) is 24.0. The summed E-state index contributed by atoms with van der Waals surface area (Å²) in [5.41, 5.74) is 2.07. The molecule has 3 unspecified atom stereocenters. The first-order valence-electron chi connectivity index (χ1n) is 12.2. The van der Waals surface area contributed by atoms with Gasteiger partial charge in [0.2, 0.25) is 0 Å². The quantitative estimate of drug-likeness (QED) is 0.235. The predicted octanol–water partition coefficient (Wildman–Crippen LogP) is 3.30. The van der Waals surface area contributed by atoms with E-state index in [9.17, 15) is 38.8 Å². The minimum Gasteiger partial charge on any atom is -0.475 e. The first-order chi connectivity index (χ1) is 17.5. The van der Waals surface area contributed by atoms with Crippen LogP contribution in [0.15, 0.2) is 36.4 Å². The number of hydrogen-bond acceptors (Lipinski definition) is 5. The number of aliphatic hydroxyl groups excluding tert-OH is 2. The normalized spacial score (nSPS) is 17.9. The molecule has 2 aromatic rings. The van der Waals surface area contributed by atoms with Gasteiger partial charge in [0.05, 0.1) is 32.2 Å². The SMILES string of the molecule is Cc1cccc(C)c1C(COCc1c(F)cccc1F)C[N+](CC1CCC1)(C(O)C(=O)O)C(O)C(=O)O. The number of carbonyl (C=O) groups is 2. The molecule has 0 saturated heterocycles. The number of carboxylic acids is 2. The minimum atomic E-state index is -2.22. The van der Waals surface area contributed by atoms with Crippen LogP contribution in [0.2, 0.25) is 0 Å². The van der Waals surface area contributed by atoms with Crippen LogP contribution < -0.4 is 0 Å². The van der Waals surface area contributed by atoms with Crippen molar-refractivity contribution < 1.29 is 48.0 Å². The second-order valence-corrected chi connectivity index (χ2v) is 9.91. The van der Waals surface area contributed by atoms with Crippen LogP contribution >= 0.6 is 0 Å². The lowest BCUT2D eigenvalue weighted by Crippen LogP contribution is -2.69. The number of rotatable bonds is 13. The van der Waals surface area contributed by atoms with Gasteiger partial charge in [0.1, 0.15) is 11.6 Å². The molecular weight excluding hydrogens is 488 g/mol. The fourth-order valence-electron chi connectivity index (χ4n) is 5.29. The molecule has 37 heavy (non-hydrogen) atoms. The van der Waals surface area contributed by atoms with E-state index in [0.29, 0.717) is 0 Å². The second-order valence-electron chi connectivity index (χ2n) is 9.91. The standard InChI is InChI=1S/C27H33F2NO7/c1-16-6-3-7-17(2)23(16)19(14-37-15-20-21(28)10-5-11-22(20)29)13-30(24(31)26(33)34,25(32)27(35)36)12-18-8-4-9-18/h3,5-7,10-11,18-19,24-25,31-32H,4,8-9,12-15H2,1-2H3,(H-,33,34,35,36)/p+1.